The molecule has 1 aromatic rings. The Kier molecular flexibility index (Phi) is 3.31. The number of hydrogen-bond acceptors (Lipinski definition) is 2. The number of carbonyl (C=O) groups is 1. The van der Waals surface area contributed by atoms with Crippen molar-refractivity contribution in [3.05, 3.63) is 29.6 Å². The van der Waals surface area contributed by atoms with Gasteiger partial charge in [-0.05, 0) is 36.6 Å². The summed E-state index contributed by atoms with van der Waals surface area (Å²) in [4.78, 5) is 15.3. The zero-order chi connectivity index (χ0) is 12.4. The first-order chi connectivity index (χ1) is 8.08. The number of carbonyl (C=O) groups excluding carboxylic acids is 1. The molecule has 0 aromatic heterocycles. The molecule has 1 amide bonds. The van der Waals surface area contributed by atoms with Crippen LogP contribution in [0.3, 0.4) is 0 Å². The number of anilines is 1. The molecule has 0 saturated carbocycles. The van der Waals surface area contributed by atoms with Crippen LogP contribution >= 0.6 is 0 Å². The number of rotatable bonds is 2. The van der Waals surface area contributed by atoms with E-state index in [0.717, 1.165) is 30.6 Å². The molecular weight excluding hydrogens is 219 g/mol. The fraction of sp³-hybridized carbons (Fsp3) is 0.462. The summed E-state index contributed by atoms with van der Waals surface area (Å²) in [5.41, 5.74) is 2.00. The van der Waals surface area contributed by atoms with Gasteiger partial charge < -0.3 is 9.80 Å². The third kappa shape index (κ3) is 2.57. The number of amides is 1. The molecule has 1 aromatic carbocycles. The van der Waals surface area contributed by atoms with Crippen LogP contribution in [0, 0.1) is 5.82 Å². The summed E-state index contributed by atoms with van der Waals surface area (Å²) in [6.07, 6.45) is 1.86. The van der Waals surface area contributed by atoms with E-state index in [1.54, 1.807) is 31.1 Å². The van der Waals surface area contributed by atoms with Crippen LogP contribution in [0.1, 0.15) is 12.0 Å². The number of fused-ring (bicyclic) bond motifs is 1. The van der Waals surface area contributed by atoms with Crippen LogP contribution in [0.2, 0.25) is 0 Å². The largest absolute Gasteiger partial charge is 0.362 e. The first-order valence-corrected chi connectivity index (χ1v) is 5.81. The molecule has 17 heavy (non-hydrogen) atoms. The molecule has 0 unspecified atom stereocenters. The van der Waals surface area contributed by atoms with E-state index in [9.17, 15) is 9.18 Å². The monoisotopic (exact) mass is 236 g/mol. The Morgan fingerprint density at radius 2 is 2.24 bits per heavy atom. The second-order valence-corrected chi connectivity index (χ2v) is 4.59. The normalized spacial score (nSPS) is 14.4. The van der Waals surface area contributed by atoms with Crippen molar-refractivity contribution in [1.29, 1.82) is 0 Å². The average molecular weight is 236 g/mol. The molecule has 92 valence electrons. The molecule has 0 fully saturated rings. The summed E-state index contributed by atoms with van der Waals surface area (Å²) in [7, 11) is 3.50. The maximum atomic E-state index is 13.1. The Hall–Kier alpha value is -1.58. The second kappa shape index (κ2) is 4.73. The lowest BCUT2D eigenvalue weighted by Crippen LogP contribution is -2.39. The smallest absolute Gasteiger partial charge is 0.241 e. The minimum atomic E-state index is -0.204. The van der Waals surface area contributed by atoms with Crippen molar-refractivity contribution < 1.29 is 9.18 Å². The van der Waals surface area contributed by atoms with E-state index in [1.165, 1.54) is 6.07 Å². The van der Waals surface area contributed by atoms with E-state index in [0.29, 0.717) is 6.54 Å². The Morgan fingerprint density at radius 1 is 1.47 bits per heavy atom. The minimum Gasteiger partial charge on any atom is -0.362 e. The van der Waals surface area contributed by atoms with Crippen molar-refractivity contribution in [2.75, 3.05) is 32.1 Å². The average Bonchev–Trinajstić information content (AvgIpc) is 2.28. The van der Waals surface area contributed by atoms with Gasteiger partial charge in [0.05, 0.1) is 6.54 Å². The van der Waals surface area contributed by atoms with Gasteiger partial charge >= 0.3 is 0 Å². The zero-order valence-electron chi connectivity index (χ0n) is 10.2. The Labute approximate surface area is 101 Å². The summed E-state index contributed by atoms with van der Waals surface area (Å²) in [6.45, 7) is 1.23. The number of aryl methyl sites for hydroxylation is 1. The van der Waals surface area contributed by atoms with Crippen molar-refractivity contribution in [2.24, 2.45) is 0 Å². The Balaban J connectivity index is 2.20. The molecule has 2 rings (SSSR count). The third-order valence-electron chi connectivity index (χ3n) is 3.08. The van der Waals surface area contributed by atoms with Gasteiger partial charge in [0.2, 0.25) is 5.91 Å². The van der Waals surface area contributed by atoms with Crippen LogP contribution in [-0.2, 0) is 11.2 Å². The third-order valence-corrected chi connectivity index (χ3v) is 3.08. The van der Waals surface area contributed by atoms with Gasteiger partial charge in [0.15, 0.2) is 0 Å². The van der Waals surface area contributed by atoms with Crippen molar-refractivity contribution in [1.82, 2.24) is 4.90 Å². The van der Waals surface area contributed by atoms with Gasteiger partial charge in [-0.3, -0.25) is 4.79 Å². The Morgan fingerprint density at radius 3 is 2.94 bits per heavy atom. The van der Waals surface area contributed by atoms with Gasteiger partial charge in [0.25, 0.3) is 0 Å². The van der Waals surface area contributed by atoms with Gasteiger partial charge in [-0.2, -0.15) is 0 Å². The van der Waals surface area contributed by atoms with E-state index in [1.807, 2.05) is 4.90 Å². The van der Waals surface area contributed by atoms with Gasteiger partial charge in [-0.25, -0.2) is 4.39 Å². The maximum absolute atomic E-state index is 13.1. The lowest BCUT2D eigenvalue weighted by Gasteiger charge is -2.31. The number of likely N-dealkylation sites (N-methyl/N-ethyl adjacent to an activating group) is 1. The van der Waals surface area contributed by atoms with Gasteiger partial charge in [-0.1, -0.05) is 0 Å². The van der Waals surface area contributed by atoms with Crippen molar-refractivity contribution in [2.45, 2.75) is 12.8 Å². The molecule has 0 N–H and O–H groups in total. The molecule has 4 heteroatoms. The summed E-state index contributed by atoms with van der Waals surface area (Å²) in [6, 6.07) is 4.80. The lowest BCUT2D eigenvalue weighted by atomic mass is 10.0. The highest BCUT2D eigenvalue weighted by molar-refractivity contribution is 5.81. The zero-order valence-corrected chi connectivity index (χ0v) is 10.2. The lowest BCUT2D eigenvalue weighted by molar-refractivity contribution is -0.127. The van der Waals surface area contributed by atoms with Crippen molar-refractivity contribution in [3.8, 4) is 0 Å². The molecule has 3 nitrogen and oxygen atoms in total. The molecule has 1 heterocycles. The topological polar surface area (TPSA) is 23.6 Å². The van der Waals surface area contributed by atoms with Crippen LogP contribution < -0.4 is 4.90 Å². The van der Waals surface area contributed by atoms with Crippen molar-refractivity contribution >= 4 is 11.6 Å². The van der Waals surface area contributed by atoms with Crippen LogP contribution in [0.4, 0.5) is 10.1 Å². The second-order valence-electron chi connectivity index (χ2n) is 4.59. The van der Waals surface area contributed by atoms with E-state index >= 15 is 0 Å². The van der Waals surface area contributed by atoms with Gasteiger partial charge in [0, 0.05) is 26.3 Å². The quantitative estimate of drug-likeness (QED) is 0.779. The molecule has 1 aliphatic rings. The highest BCUT2D eigenvalue weighted by Crippen LogP contribution is 2.27. The molecule has 0 spiro atoms. The predicted octanol–water partition coefficient (Wildman–Crippen LogP) is 1.67. The number of halogens is 1. The number of nitrogens with zero attached hydrogens (tertiary/aromatic N) is 2. The van der Waals surface area contributed by atoms with E-state index in [4.69, 9.17) is 0 Å². The van der Waals surface area contributed by atoms with Crippen LogP contribution in [-0.4, -0.2) is 38.0 Å². The molecule has 0 radical (unpaired) electrons. The summed E-state index contributed by atoms with van der Waals surface area (Å²) in [5, 5.41) is 0. The van der Waals surface area contributed by atoms with E-state index in [2.05, 4.69) is 0 Å². The van der Waals surface area contributed by atoms with Crippen LogP contribution in [0.15, 0.2) is 18.2 Å². The minimum absolute atomic E-state index is 0.0715. The number of benzene rings is 1. The summed E-state index contributed by atoms with van der Waals surface area (Å²) < 4.78 is 13.1. The van der Waals surface area contributed by atoms with E-state index in [-0.39, 0.29) is 11.7 Å². The molecular formula is C13H17FN2O. The molecule has 0 aliphatic carbocycles. The molecule has 1 aliphatic heterocycles. The maximum Gasteiger partial charge on any atom is 0.241 e. The molecule has 0 atom stereocenters. The van der Waals surface area contributed by atoms with Crippen molar-refractivity contribution in [3.63, 3.8) is 0 Å². The van der Waals surface area contributed by atoms with E-state index < -0.39 is 0 Å². The molecule has 0 saturated heterocycles. The highest BCUT2D eigenvalue weighted by Gasteiger charge is 2.19. The van der Waals surface area contributed by atoms with Crippen LogP contribution in [0.5, 0.6) is 0 Å². The fourth-order valence-corrected chi connectivity index (χ4v) is 2.11. The van der Waals surface area contributed by atoms with Crippen LogP contribution in [0.25, 0.3) is 0 Å². The first-order valence-electron chi connectivity index (χ1n) is 5.81. The first kappa shape index (κ1) is 11.9. The fourth-order valence-electron chi connectivity index (χ4n) is 2.11. The van der Waals surface area contributed by atoms with Gasteiger partial charge in [-0.15, -0.1) is 0 Å². The standard InChI is InChI=1S/C13H17FN2O/c1-15(2)13(17)9-16-7-3-4-10-8-11(14)5-6-12(10)16/h5-6,8H,3-4,7,9H2,1-2H3. The highest BCUT2D eigenvalue weighted by atomic mass is 19.1. The SMILES string of the molecule is CN(C)C(=O)CN1CCCc2cc(F)ccc21. The van der Waals surface area contributed by atoms with Gasteiger partial charge in [0.1, 0.15) is 5.82 Å². The number of hydrogen-bond donors (Lipinski definition) is 0. The summed E-state index contributed by atoms with van der Waals surface area (Å²) in [5.74, 6) is -0.133. The summed E-state index contributed by atoms with van der Waals surface area (Å²) >= 11 is 0. The Bertz CT molecular complexity index is 431. The predicted molar refractivity (Wildman–Crippen MR) is 65.6 cm³/mol. The molecule has 0 bridgehead atoms.